The van der Waals surface area contributed by atoms with Gasteiger partial charge in [0.25, 0.3) is 0 Å². The third-order valence-electron chi connectivity index (χ3n) is 8.74. The Balaban J connectivity index is 1.41. The number of benzene rings is 1. The highest BCUT2D eigenvalue weighted by atomic mass is 16.6. The van der Waals surface area contributed by atoms with Gasteiger partial charge >= 0.3 is 5.97 Å². The maximum atomic E-state index is 13.5. The molecule has 2 aliphatic carbocycles. The zero-order chi connectivity index (χ0) is 26.4. The smallest absolute Gasteiger partial charge is 0.322 e. The minimum Gasteiger partial charge on any atom is -0.461 e. The first-order valence-electron chi connectivity index (χ1n) is 13.0. The van der Waals surface area contributed by atoms with E-state index < -0.39 is 23.1 Å². The van der Waals surface area contributed by atoms with E-state index in [4.69, 9.17) is 4.74 Å². The second-order valence-corrected chi connectivity index (χ2v) is 11.1. The van der Waals surface area contributed by atoms with E-state index in [-0.39, 0.29) is 36.1 Å². The van der Waals surface area contributed by atoms with Gasteiger partial charge in [0.15, 0.2) is 5.41 Å². The molecule has 192 valence electrons. The number of hydrogen-bond donors (Lipinski definition) is 2. The number of rotatable bonds is 6. The molecule has 7 heteroatoms. The molecule has 5 rings (SSSR count). The molecule has 1 aromatic carbocycles. The summed E-state index contributed by atoms with van der Waals surface area (Å²) in [5, 5.41) is 22.5. The number of aliphatic hydroxyl groups is 1. The van der Waals surface area contributed by atoms with Gasteiger partial charge in [-0.1, -0.05) is 44.2 Å². The van der Waals surface area contributed by atoms with Crippen LogP contribution in [0.5, 0.6) is 0 Å². The van der Waals surface area contributed by atoms with Gasteiger partial charge in [-0.2, -0.15) is 5.26 Å². The fourth-order valence-electron chi connectivity index (χ4n) is 6.21. The van der Waals surface area contributed by atoms with Crippen LogP contribution < -0.4 is 5.32 Å². The van der Waals surface area contributed by atoms with E-state index in [0.717, 1.165) is 16.8 Å². The molecule has 1 aliphatic heterocycles. The Morgan fingerprint density at radius 2 is 2.00 bits per heavy atom. The summed E-state index contributed by atoms with van der Waals surface area (Å²) in [5.41, 5.74) is 0.960. The highest BCUT2D eigenvalue weighted by molar-refractivity contribution is 6.04. The number of fused-ring (bicyclic) bond motifs is 1. The van der Waals surface area contributed by atoms with Crippen LogP contribution in [0.25, 0.3) is 17.2 Å². The van der Waals surface area contributed by atoms with Crippen molar-refractivity contribution in [3.05, 3.63) is 59.9 Å². The van der Waals surface area contributed by atoms with Crippen molar-refractivity contribution in [2.24, 2.45) is 29.1 Å². The van der Waals surface area contributed by atoms with Gasteiger partial charge in [0.2, 0.25) is 5.91 Å². The summed E-state index contributed by atoms with van der Waals surface area (Å²) in [6.45, 7) is 6.28. The third-order valence-corrected chi connectivity index (χ3v) is 8.74. The van der Waals surface area contributed by atoms with Crippen LogP contribution in [-0.4, -0.2) is 40.2 Å². The number of hydrogen-bond acceptors (Lipinski definition) is 6. The normalized spacial score (nSPS) is 31.9. The molecule has 37 heavy (non-hydrogen) atoms. The number of carbonyl (C=O) groups excluding carboxylic acids is 2. The fraction of sp³-hybridized carbons (Fsp3) is 0.467. The first-order valence-corrected chi connectivity index (χ1v) is 13.0. The number of nitriles is 1. The molecule has 2 heterocycles. The molecule has 2 N–H and O–H groups in total. The van der Waals surface area contributed by atoms with Crippen molar-refractivity contribution in [3.63, 3.8) is 0 Å². The summed E-state index contributed by atoms with van der Waals surface area (Å²) in [6, 6.07) is 13.5. The summed E-state index contributed by atoms with van der Waals surface area (Å²) in [6.07, 6.45) is 7.14. The molecule has 3 aliphatic rings. The molecular formula is C30H33N3O4. The van der Waals surface area contributed by atoms with Crippen LogP contribution in [0.2, 0.25) is 0 Å². The van der Waals surface area contributed by atoms with Crippen molar-refractivity contribution >= 4 is 18.0 Å². The van der Waals surface area contributed by atoms with Crippen LogP contribution in [0.4, 0.5) is 0 Å². The number of cyclic esters (lactones) is 1. The zero-order valence-corrected chi connectivity index (χ0v) is 21.5. The Morgan fingerprint density at radius 1 is 1.24 bits per heavy atom. The van der Waals surface area contributed by atoms with Crippen LogP contribution in [-0.2, 0) is 14.3 Å². The number of aromatic nitrogens is 1. The average Bonchev–Trinajstić information content (AvgIpc) is 3.58. The molecule has 2 saturated carbocycles. The largest absolute Gasteiger partial charge is 0.461 e. The third kappa shape index (κ3) is 4.44. The van der Waals surface area contributed by atoms with Gasteiger partial charge < -0.3 is 15.2 Å². The van der Waals surface area contributed by atoms with Gasteiger partial charge in [-0.05, 0) is 62.1 Å². The molecule has 1 saturated heterocycles. The summed E-state index contributed by atoms with van der Waals surface area (Å²) in [5.74, 6) is -0.812. The van der Waals surface area contributed by atoms with Crippen molar-refractivity contribution in [1.29, 1.82) is 5.26 Å². The van der Waals surface area contributed by atoms with Crippen LogP contribution in [0, 0.1) is 40.4 Å². The lowest BCUT2D eigenvalue weighted by molar-refractivity contribution is -0.157. The molecule has 7 nitrogen and oxygen atoms in total. The van der Waals surface area contributed by atoms with Gasteiger partial charge in [0.05, 0.1) is 22.9 Å². The number of pyridine rings is 1. The van der Waals surface area contributed by atoms with Crippen LogP contribution in [0.3, 0.4) is 0 Å². The van der Waals surface area contributed by atoms with E-state index in [1.165, 1.54) is 0 Å². The maximum Gasteiger partial charge on any atom is 0.322 e. The maximum absolute atomic E-state index is 13.5. The summed E-state index contributed by atoms with van der Waals surface area (Å²) < 4.78 is 5.71. The van der Waals surface area contributed by atoms with Gasteiger partial charge in [-0.15, -0.1) is 0 Å². The Bertz CT molecular complexity index is 1280. The van der Waals surface area contributed by atoms with Gasteiger partial charge in [-0.25, -0.2) is 0 Å². The van der Waals surface area contributed by atoms with E-state index in [9.17, 15) is 20.0 Å². The second kappa shape index (κ2) is 9.42. The van der Waals surface area contributed by atoms with Crippen molar-refractivity contribution in [2.75, 3.05) is 6.54 Å². The van der Waals surface area contributed by atoms with E-state index >= 15 is 0 Å². The number of amides is 1. The van der Waals surface area contributed by atoms with E-state index in [0.29, 0.717) is 24.8 Å². The summed E-state index contributed by atoms with van der Waals surface area (Å²) >= 11 is 0. The highest BCUT2D eigenvalue weighted by Gasteiger charge is 2.66. The number of ether oxygens (including phenoxy) is 1. The lowest BCUT2D eigenvalue weighted by Crippen LogP contribution is -2.56. The molecule has 1 aromatic heterocycles. The lowest BCUT2D eigenvalue weighted by atomic mass is 9.54. The van der Waals surface area contributed by atoms with E-state index in [1.807, 2.05) is 43.3 Å². The summed E-state index contributed by atoms with van der Waals surface area (Å²) in [4.78, 5) is 31.4. The lowest BCUT2D eigenvalue weighted by Gasteiger charge is -2.46. The standard InChI is InChI=1S/C30H33N3O4/c1-18-14-30(27(34)33-17-29(36)12-13-29)26(20(3)37-28(30)35)24(19(18)2)11-10-23-9-8-22(16-32-23)25-7-5-4-6-21(25)15-31/h4-11,16,18-20,24,26,36H,12-14,17H2,1-3H3,(H,33,34)/b11-10+/t18?,19?,20?,24?,26?,30-/m1/s1. The fourth-order valence-corrected chi connectivity index (χ4v) is 6.21. The SMILES string of the molecule is CC1C[C@@]2(C(=O)NCC3(O)CC3)C(=O)OC(C)C2C(/C=C/c2ccc(-c3ccccc3C#N)cn2)C1C. The minimum atomic E-state index is -1.26. The van der Waals surface area contributed by atoms with Gasteiger partial charge in [0, 0.05) is 29.8 Å². The van der Waals surface area contributed by atoms with Crippen LogP contribution in [0.1, 0.15) is 51.3 Å². The molecular weight excluding hydrogens is 466 g/mol. The number of nitrogens with one attached hydrogen (secondary N) is 1. The minimum absolute atomic E-state index is 0.0687. The molecule has 1 amide bonds. The van der Waals surface area contributed by atoms with Crippen molar-refractivity contribution in [3.8, 4) is 17.2 Å². The number of allylic oxidation sites excluding steroid dienone is 1. The predicted molar refractivity (Wildman–Crippen MR) is 139 cm³/mol. The quantitative estimate of drug-likeness (QED) is 0.457. The van der Waals surface area contributed by atoms with Gasteiger partial charge in [0.1, 0.15) is 6.10 Å². The zero-order valence-electron chi connectivity index (χ0n) is 21.5. The highest BCUT2D eigenvalue weighted by Crippen LogP contribution is 2.56. The van der Waals surface area contributed by atoms with Crippen molar-refractivity contribution < 1.29 is 19.4 Å². The monoisotopic (exact) mass is 499 g/mol. The van der Waals surface area contributed by atoms with E-state index in [2.05, 4.69) is 36.3 Å². The molecule has 5 unspecified atom stereocenters. The second-order valence-electron chi connectivity index (χ2n) is 11.1. The molecule has 2 aromatic rings. The number of carbonyl (C=O) groups is 2. The number of esters is 1. The molecule has 3 fully saturated rings. The topological polar surface area (TPSA) is 112 Å². The Kier molecular flexibility index (Phi) is 6.41. The molecule has 0 radical (unpaired) electrons. The average molecular weight is 500 g/mol. The molecule has 6 atom stereocenters. The Hall–Kier alpha value is -3.50. The number of nitrogens with zero attached hydrogens (tertiary/aromatic N) is 2. The van der Waals surface area contributed by atoms with Gasteiger partial charge in [-0.3, -0.25) is 14.6 Å². The Morgan fingerprint density at radius 3 is 2.68 bits per heavy atom. The first-order chi connectivity index (χ1) is 17.7. The summed E-state index contributed by atoms with van der Waals surface area (Å²) in [7, 11) is 0. The molecule has 0 spiro atoms. The van der Waals surface area contributed by atoms with Crippen molar-refractivity contribution in [1.82, 2.24) is 10.3 Å². The van der Waals surface area contributed by atoms with E-state index in [1.54, 1.807) is 12.3 Å². The van der Waals surface area contributed by atoms with Crippen LogP contribution >= 0.6 is 0 Å². The van der Waals surface area contributed by atoms with Crippen LogP contribution in [0.15, 0.2) is 48.7 Å². The van der Waals surface area contributed by atoms with Crippen molar-refractivity contribution in [2.45, 2.75) is 51.7 Å². The first kappa shape index (κ1) is 25.2. The Labute approximate surface area is 217 Å². The predicted octanol–water partition coefficient (Wildman–Crippen LogP) is 4.11. The molecule has 0 bridgehead atoms.